The zero-order valence-electron chi connectivity index (χ0n) is 50.1. The first kappa shape index (κ1) is 72.7. The van der Waals surface area contributed by atoms with E-state index < -0.39 is 20.0 Å². The molecule has 0 aromatic rings. The van der Waals surface area contributed by atoms with E-state index in [0.29, 0.717) is 17.4 Å². The lowest BCUT2D eigenvalue weighted by Crippen LogP contribution is -2.45. The molecular weight excluding hydrogens is 936 g/mol. The van der Waals surface area contributed by atoms with Crippen LogP contribution >= 0.6 is 7.82 Å². The van der Waals surface area contributed by atoms with Crippen LogP contribution < -0.4 is 10.2 Å². The van der Waals surface area contributed by atoms with E-state index in [-0.39, 0.29) is 19.1 Å². The van der Waals surface area contributed by atoms with Crippen LogP contribution in [0.1, 0.15) is 322 Å². The summed E-state index contributed by atoms with van der Waals surface area (Å²) in [7, 11) is 1.27. The molecule has 0 aliphatic heterocycles. The van der Waals surface area contributed by atoms with Gasteiger partial charge in [0.1, 0.15) is 13.2 Å². The lowest BCUT2D eigenvalue weighted by Gasteiger charge is -2.29. The Morgan fingerprint density at radius 3 is 1.12 bits per heavy atom. The van der Waals surface area contributed by atoms with Gasteiger partial charge in [-0.15, -0.1) is 0 Å². The number of rotatable bonds is 60. The maximum atomic E-state index is 12.9. The molecule has 0 bridgehead atoms. The summed E-state index contributed by atoms with van der Waals surface area (Å²) in [4.78, 5) is 25.4. The summed E-state index contributed by atoms with van der Waals surface area (Å²) in [5.41, 5.74) is 0. The molecule has 0 saturated heterocycles. The Labute approximate surface area is 461 Å². The first-order valence-corrected chi connectivity index (χ1v) is 33.8. The number of nitrogens with one attached hydrogen (secondary N) is 1. The maximum Gasteiger partial charge on any atom is 0.268 e. The maximum absolute atomic E-state index is 12.9. The fourth-order valence-electron chi connectivity index (χ4n) is 9.78. The lowest BCUT2D eigenvalue weighted by atomic mass is 10.0. The second kappa shape index (κ2) is 56.4. The van der Waals surface area contributed by atoms with E-state index in [9.17, 15) is 19.4 Å². The van der Waals surface area contributed by atoms with Crippen LogP contribution in [-0.2, 0) is 18.4 Å². The minimum absolute atomic E-state index is 0.00115. The standard InChI is InChI=1S/C65H127N2O6P/c1-6-8-10-12-14-16-18-19-20-21-22-23-24-25-26-27-28-29-30-31-32-33-34-35-36-37-38-39-40-41-42-43-44-45-46-47-49-51-53-55-57-59-65(69)66-63(62-73-74(70,71)72-61-60-67(3,4)5)64(68)58-56-54-52-50-48-17-15-13-11-9-7-2/h18-19,21-22,56,58,63-64,68H,6-17,20,23-55,57,59-62H2,1-5H3,(H-,66,69,70,71)/b19-18-,22-21-,58-56+. The summed E-state index contributed by atoms with van der Waals surface area (Å²) >= 11 is 0. The summed E-state index contributed by atoms with van der Waals surface area (Å²) in [5.74, 6) is -0.193. The minimum Gasteiger partial charge on any atom is -0.756 e. The van der Waals surface area contributed by atoms with Crippen LogP contribution in [0, 0.1) is 0 Å². The third kappa shape index (κ3) is 58.4. The molecule has 0 aliphatic carbocycles. The van der Waals surface area contributed by atoms with Crippen molar-refractivity contribution in [1.29, 1.82) is 0 Å². The highest BCUT2D eigenvalue weighted by Gasteiger charge is 2.23. The van der Waals surface area contributed by atoms with E-state index in [0.717, 1.165) is 44.9 Å². The van der Waals surface area contributed by atoms with Gasteiger partial charge in [-0.05, 0) is 51.4 Å². The van der Waals surface area contributed by atoms with Crippen molar-refractivity contribution >= 4 is 13.7 Å². The molecule has 0 radical (unpaired) electrons. The lowest BCUT2D eigenvalue weighted by molar-refractivity contribution is -0.870. The molecule has 0 fully saturated rings. The summed E-state index contributed by atoms with van der Waals surface area (Å²) in [6.45, 7) is 4.65. The highest BCUT2D eigenvalue weighted by molar-refractivity contribution is 7.45. The topological polar surface area (TPSA) is 108 Å². The third-order valence-electron chi connectivity index (χ3n) is 14.8. The van der Waals surface area contributed by atoms with Gasteiger partial charge in [0.2, 0.25) is 5.91 Å². The van der Waals surface area contributed by atoms with Gasteiger partial charge in [-0.1, -0.05) is 301 Å². The Hall–Kier alpha value is -1.28. The average Bonchev–Trinajstić information content (AvgIpc) is 3.36. The van der Waals surface area contributed by atoms with Gasteiger partial charge in [0.25, 0.3) is 7.82 Å². The first-order chi connectivity index (χ1) is 36.0. The van der Waals surface area contributed by atoms with Crippen LogP contribution in [0.4, 0.5) is 0 Å². The van der Waals surface area contributed by atoms with Gasteiger partial charge in [-0.25, -0.2) is 0 Å². The molecule has 2 N–H and O–H groups in total. The molecule has 0 aromatic carbocycles. The second-order valence-electron chi connectivity index (χ2n) is 23.5. The molecule has 1 amide bonds. The van der Waals surface area contributed by atoms with Crippen molar-refractivity contribution in [3.8, 4) is 0 Å². The largest absolute Gasteiger partial charge is 0.756 e. The number of nitrogens with zero attached hydrogens (tertiary/aromatic N) is 1. The van der Waals surface area contributed by atoms with Crippen molar-refractivity contribution in [3.05, 3.63) is 36.5 Å². The Bertz CT molecular complexity index is 1300. The molecule has 74 heavy (non-hydrogen) atoms. The Kier molecular flexibility index (Phi) is 55.5. The van der Waals surface area contributed by atoms with Crippen LogP contribution in [0.2, 0.25) is 0 Å². The van der Waals surface area contributed by atoms with Gasteiger partial charge in [-0.3, -0.25) is 9.36 Å². The van der Waals surface area contributed by atoms with Crippen molar-refractivity contribution in [3.63, 3.8) is 0 Å². The molecule has 438 valence electrons. The fourth-order valence-corrected chi connectivity index (χ4v) is 10.5. The number of allylic oxidation sites excluding steroid dienone is 5. The predicted octanol–water partition coefficient (Wildman–Crippen LogP) is 19.5. The van der Waals surface area contributed by atoms with Crippen LogP contribution in [0.3, 0.4) is 0 Å². The summed E-state index contributed by atoms with van der Waals surface area (Å²) in [6, 6.07) is -0.882. The number of carbonyl (C=O) groups excluding carboxylic acids is 1. The smallest absolute Gasteiger partial charge is 0.268 e. The number of unbranched alkanes of at least 4 members (excludes halogenated alkanes) is 43. The number of aliphatic hydroxyl groups excluding tert-OH is 1. The van der Waals surface area contributed by atoms with E-state index in [4.69, 9.17) is 9.05 Å². The molecule has 0 rings (SSSR count). The highest BCUT2D eigenvalue weighted by atomic mass is 31.2. The zero-order chi connectivity index (χ0) is 54.2. The van der Waals surface area contributed by atoms with Gasteiger partial charge in [0.15, 0.2) is 0 Å². The number of phosphoric ester groups is 1. The number of carbonyl (C=O) groups is 1. The highest BCUT2D eigenvalue weighted by Crippen LogP contribution is 2.38. The average molecular weight is 1060 g/mol. The van der Waals surface area contributed by atoms with Crippen molar-refractivity contribution < 1.29 is 32.9 Å². The van der Waals surface area contributed by atoms with Crippen molar-refractivity contribution in [1.82, 2.24) is 5.32 Å². The van der Waals surface area contributed by atoms with E-state index >= 15 is 0 Å². The Morgan fingerprint density at radius 1 is 0.473 bits per heavy atom. The van der Waals surface area contributed by atoms with Gasteiger partial charge in [0, 0.05) is 6.42 Å². The summed E-state index contributed by atoms with van der Waals surface area (Å²) in [6.07, 6.45) is 74.2. The number of likely N-dealkylation sites (N-methyl/N-ethyl adjacent to an activating group) is 1. The number of quaternary nitrogens is 1. The fraction of sp³-hybridized carbons (Fsp3) is 0.892. The number of aliphatic hydroxyl groups is 1. The zero-order valence-corrected chi connectivity index (χ0v) is 51.0. The Balaban J connectivity index is 3.78. The second-order valence-corrected chi connectivity index (χ2v) is 24.9. The van der Waals surface area contributed by atoms with E-state index in [1.54, 1.807) is 6.08 Å². The van der Waals surface area contributed by atoms with Gasteiger partial charge in [0.05, 0.1) is 39.9 Å². The van der Waals surface area contributed by atoms with Crippen LogP contribution in [0.25, 0.3) is 0 Å². The molecule has 0 aliphatic rings. The first-order valence-electron chi connectivity index (χ1n) is 32.4. The minimum atomic E-state index is -4.59. The molecule has 3 atom stereocenters. The Morgan fingerprint density at radius 2 is 0.784 bits per heavy atom. The molecule has 3 unspecified atom stereocenters. The molecule has 0 aromatic heterocycles. The van der Waals surface area contributed by atoms with Crippen molar-refractivity contribution in [2.24, 2.45) is 0 Å². The van der Waals surface area contributed by atoms with Crippen molar-refractivity contribution in [2.45, 2.75) is 334 Å². The van der Waals surface area contributed by atoms with Gasteiger partial charge < -0.3 is 28.8 Å². The number of hydrogen-bond donors (Lipinski definition) is 2. The van der Waals surface area contributed by atoms with Crippen LogP contribution in [0.15, 0.2) is 36.5 Å². The third-order valence-corrected chi connectivity index (χ3v) is 15.8. The van der Waals surface area contributed by atoms with E-state index in [1.807, 2.05) is 27.2 Å². The van der Waals surface area contributed by atoms with Gasteiger partial charge >= 0.3 is 0 Å². The molecule has 0 saturated carbocycles. The molecule has 0 spiro atoms. The monoisotopic (exact) mass is 1060 g/mol. The van der Waals surface area contributed by atoms with Crippen LogP contribution in [-0.4, -0.2) is 68.5 Å². The summed E-state index contributed by atoms with van der Waals surface area (Å²) < 4.78 is 23.3. The SMILES string of the molecule is CCCCCCC/C=C\C/C=C\CCCCCCCCCCCCCCCCCCCCCCCCCCCCCCCC(=O)NC(COP(=O)([O-])OCC[N+](C)(C)C)C(O)/C=C/CCCCCCCCCCC. The molecule has 0 heterocycles. The molecule has 8 nitrogen and oxygen atoms in total. The van der Waals surface area contributed by atoms with Crippen molar-refractivity contribution in [2.75, 3.05) is 40.9 Å². The summed E-state index contributed by atoms with van der Waals surface area (Å²) in [5, 5.41) is 13.8. The number of phosphoric acid groups is 1. The number of hydrogen-bond acceptors (Lipinski definition) is 6. The van der Waals surface area contributed by atoms with E-state index in [2.05, 4.69) is 43.5 Å². The quantitative estimate of drug-likeness (QED) is 0.0272. The molecular formula is C65H127N2O6P. The number of amides is 1. The molecule has 9 heteroatoms. The van der Waals surface area contributed by atoms with Crippen LogP contribution in [0.5, 0.6) is 0 Å². The van der Waals surface area contributed by atoms with E-state index in [1.165, 1.54) is 257 Å². The normalized spacial score (nSPS) is 14.0. The predicted molar refractivity (Wildman–Crippen MR) is 321 cm³/mol. The van der Waals surface area contributed by atoms with Gasteiger partial charge in [-0.2, -0.15) is 0 Å².